The van der Waals surface area contributed by atoms with Crippen molar-refractivity contribution in [2.75, 3.05) is 6.54 Å². The minimum absolute atomic E-state index is 0.587. The van der Waals surface area contributed by atoms with Gasteiger partial charge in [0.2, 0.25) is 0 Å². The van der Waals surface area contributed by atoms with Gasteiger partial charge in [-0.15, -0.1) is 0 Å². The first-order valence-electron chi connectivity index (χ1n) is 4.81. The minimum atomic E-state index is 0.587. The second kappa shape index (κ2) is 2.22. The lowest BCUT2D eigenvalue weighted by Crippen LogP contribution is -2.53. The molecule has 1 unspecified atom stereocenters. The molecule has 0 aromatic rings. The Balaban J connectivity index is 2.10. The quantitative estimate of drug-likeness (QED) is 0.550. The Morgan fingerprint density at radius 3 is 2.45 bits per heavy atom. The Morgan fingerprint density at radius 1 is 1.36 bits per heavy atom. The molecule has 2 bridgehead atoms. The maximum atomic E-state index is 7.43. The van der Waals surface area contributed by atoms with E-state index in [0.29, 0.717) is 12.0 Å². The molecule has 3 aliphatic rings. The van der Waals surface area contributed by atoms with Crippen LogP contribution in [-0.4, -0.2) is 6.54 Å². The molecule has 1 N–H and O–H groups in total. The summed E-state index contributed by atoms with van der Waals surface area (Å²) in [5, 5.41) is 0. The predicted octanol–water partition coefficient (Wildman–Crippen LogP) is 2.34. The van der Waals surface area contributed by atoms with Crippen molar-refractivity contribution in [1.29, 1.82) is 0 Å². The smallest absolute Gasteiger partial charge is 0.0131 e. The highest BCUT2D eigenvalue weighted by Crippen LogP contribution is 2.61. The average Bonchev–Trinajstić information content (AvgIpc) is 2.04. The van der Waals surface area contributed by atoms with Crippen LogP contribution in [0.3, 0.4) is 0 Å². The van der Waals surface area contributed by atoms with Crippen molar-refractivity contribution >= 4 is 0 Å². The summed E-state index contributed by atoms with van der Waals surface area (Å²) < 4.78 is 0. The van der Waals surface area contributed by atoms with Crippen molar-refractivity contribution in [3.63, 3.8) is 0 Å². The van der Waals surface area contributed by atoms with Gasteiger partial charge in [0.05, 0.1) is 0 Å². The van der Waals surface area contributed by atoms with Crippen LogP contribution in [-0.2, 0) is 0 Å². The Labute approximate surface area is 69.4 Å². The van der Waals surface area contributed by atoms with Crippen molar-refractivity contribution in [3.05, 3.63) is 0 Å². The topological polar surface area (TPSA) is 23.8 Å². The third-order valence-electron chi connectivity index (χ3n) is 4.26. The van der Waals surface area contributed by atoms with Gasteiger partial charge >= 0.3 is 0 Å². The summed E-state index contributed by atoms with van der Waals surface area (Å²) in [7, 11) is 0. The fourth-order valence-corrected chi connectivity index (χ4v) is 3.21. The fourth-order valence-electron chi connectivity index (χ4n) is 3.21. The molecule has 11 heavy (non-hydrogen) atoms. The van der Waals surface area contributed by atoms with Gasteiger partial charge in [-0.25, -0.2) is 0 Å². The lowest BCUT2D eigenvalue weighted by molar-refractivity contribution is -0.102. The van der Waals surface area contributed by atoms with Crippen LogP contribution < -0.4 is 5.73 Å². The van der Waals surface area contributed by atoms with E-state index in [1.165, 1.54) is 19.3 Å². The molecule has 63 valence electrons. The number of hydrogen-bond acceptors (Lipinski definition) is 0. The van der Waals surface area contributed by atoms with Gasteiger partial charge in [0, 0.05) is 6.54 Å². The van der Waals surface area contributed by atoms with E-state index in [9.17, 15) is 0 Å². The van der Waals surface area contributed by atoms with Crippen LogP contribution in [0.25, 0.3) is 0 Å². The van der Waals surface area contributed by atoms with E-state index >= 15 is 0 Å². The lowest BCUT2D eigenvalue weighted by atomic mass is 9.45. The predicted molar refractivity (Wildman–Crippen MR) is 46.1 cm³/mol. The zero-order chi connectivity index (χ0) is 8.06. The lowest BCUT2D eigenvalue weighted by Gasteiger charge is -2.60. The third-order valence-corrected chi connectivity index (χ3v) is 4.26. The largest absolute Gasteiger partial charge is 0.258 e. The molecule has 3 saturated carbocycles. The Morgan fingerprint density at radius 2 is 2.09 bits per heavy atom. The van der Waals surface area contributed by atoms with Crippen LogP contribution in [0, 0.1) is 23.2 Å². The zero-order valence-corrected chi connectivity index (χ0v) is 7.56. The van der Waals surface area contributed by atoms with Gasteiger partial charge in [0.1, 0.15) is 0 Å². The summed E-state index contributed by atoms with van der Waals surface area (Å²) in [6.45, 7) is 5.46. The summed E-state index contributed by atoms with van der Waals surface area (Å²) in [5.74, 6) is 2.61. The van der Waals surface area contributed by atoms with Gasteiger partial charge < -0.3 is 0 Å². The van der Waals surface area contributed by atoms with Crippen LogP contribution in [0.2, 0.25) is 0 Å². The molecule has 1 nitrogen and oxygen atoms in total. The Kier molecular flexibility index (Phi) is 1.54. The molecule has 1 heteroatoms. The van der Waals surface area contributed by atoms with Crippen molar-refractivity contribution in [3.8, 4) is 0 Å². The molecule has 0 heterocycles. The molecule has 3 rings (SSSR count). The fraction of sp³-hybridized carbons (Fsp3) is 1.00. The van der Waals surface area contributed by atoms with Gasteiger partial charge in [-0.3, -0.25) is 5.73 Å². The molecule has 3 fully saturated rings. The molecule has 0 amide bonds. The Bertz CT molecular complexity index is 160. The minimum Gasteiger partial charge on any atom is -0.258 e. The van der Waals surface area contributed by atoms with Crippen LogP contribution in [0.15, 0.2) is 0 Å². The number of nitrogens with one attached hydrogen (secondary N) is 1. The number of hydrogen-bond donors (Lipinski definition) is 0. The second-order valence-electron chi connectivity index (χ2n) is 4.90. The molecule has 0 saturated heterocycles. The highest BCUT2D eigenvalue weighted by atomic mass is 14.6. The first kappa shape index (κ1) is 7.60. The first-order chi connectivity index (χ1) is 5.16. The number of rotatable bonds is 1. The summed E-state index contributed by atoms with van der Waals surface area (Å²) in [6, 6.07) is 0. The van der Waals surface area contributed by atoms with Crippen molar-refractivity contribution < 1.29 is 0 Å². The highest BCUT2D eigenvalue weighted by Gasteiger charge is 2.53. The third kappa shape index (κ3) is 0.868. The van der Waals surface area contributed by atoms with Crippen LogP contribution >= 0.6 is 0 Å². The van der Waals surface area contributed by atoms with E-state index in [2.05, 4.69) is 13.8 Å². The molecule has 3 aliphatic carbocycles. The Hall–Kier alpha value is -0.0400. The van der Waals surface area contributed by atoms with E-state index in [1.54, 1.807) is 0 Å². The van der Waals surface area contributed by atoms with Gasteiger partial charge in [-0.2, -0.15) is 0 Å². The van der Waals surface area contributed by atoms with Crippen molar-refractivity contribution in [2.24, 2.45) is 23.2 Å². The van der Waals surface area contributed by atoms with Crippen molar-refractivity contribution in [1.82, 2.24) is 5.73 Å². The number of fused-ring (bicyclic) bond motifs is 2. The summed E-state index contributed by atoms with van der Waals surface area (Å²) in [4.78, 5) is 0. The zero-order valence-electron chi connectivity index (χ0n) is 7.56. The summed E-state index contributed by atoms with van der Waals surface area (Å²) in [5.41, 5.74) is 8.02. The normalized spacial score (nSPS) is 46.6. The first-order valence-corrected chi connectivity index (χ1v) is 4.81. The van der Waals surface area contributed by atoms with Crippen LogP contribution in [0.5, 0.6) is 0 Å². The molecule has 0 aromatic carbocycles. The molecular formula is C10H18N. The molecule has 0 spiro atoms. The summed E-state index contributed by atoms with van der Waals surface area (Å²) in [6.07, 6.45) is 4.16. The summed E-state index contributed by atoms with van der Waals surface area (Å²) >= 11 is 0. The van der Waals surface area contributed by atoms with Crippen LogP contribution in [0.1, 0.15) is 33.1 Å². The second-order valence-corrected chi connectivity index (χ2v) is 4.90. The molecule has 1 radical (unpaired) electrons. The molecular weight excluding hydrogens is 134 g/mol. The van der Waals surface area contributed by atoms with Gasteiger partial charge in [0.15, 0.2) is 0 Å². The van der Waals surface area contributed by atoms with Crippen molar-refractivity contribution in [2.45, 2.75) is 33.1 Å². The molecule has 0 aliphatic heterocycles. The van der Waals surface area contributed by atoms with E-state index in [0.717, 1.165) is 17.8 Å². The van der Waals surface area contributed by atoms with Gasteiger partial charge in [-0.1, -0.05) is 13.8 Å². The van der Waals surface area contributed by atoms with E-state index in [-0.39, 0.29) is 0 Å². The van der Waals surface area contributed by atoms with E-state index in [1.807, 2.05) is 0 Å². The maximum absolute atomic E-state index is 7.43. The van der Waals surface area contributed by atoms with Crippen LogP contribution in [0.4, 0.5) is 0 Å². The van der Waals surface area contributed by atoms with Gasteiger partial charge in [0.25, 0.3) is 0 Å². The van der Waals surface area contributed by atoms with E-state index < -0.39 is 0 Å². The standard InChI is InChI=1S/C10H18N/c1-10(2)8-4-3-7(6-11)9(10)5-8/h7-9,11H,3-6H2,1-2H3/t7?,8-,9-/m0/s1. The highest BCUT2D eigenvalue weighted by molar-refractivity contribution is 5.03. The van der Waals surface area contributed by atoms with E-state index in [4.69, 9.17) is 5.73 Å². The molecule has 0 aromatic heterocycles. The molecule has 3 atom stereocenters. The average molecular weight is 152 g/mol. The monoisotopic (exact) mass is 152 g/mol. The maximum Gasteiger partial charge on any atom is 0.0131 e. The van der Waals surface area contributed by atoms with Gasteiger partial charge in [-0.05, 0) is 42.4 Å². The SMILES string of the molecule is CC1(C)[C@H]2CCC(C[NH])[C@@H]1C2.